The average molecular weight is 281 g/mol. The van der Waals surface area contributed by atoms with Crippen LogP contribution < -0.4 is 0 Å². The monoisotopic (exact) mass is 280 g/mol. The molecule has 0 N–H and O–H groups in total. The van der Waals surface area contributed by atoms with Gasteiger partial charge in [0.1, 0.15) is 0 Å². The highest BCUT2D eigenvalue weighted by atomic mass is 14.4. The zero-order valence-corrected chi connectivity index (χ0v) is 15.4. The second-order valence-electron chi connectivity index (χ2n) is 8.70. The maximum absolute atomic E-state index is 2.54. The van der Waals surface area contributed by atoms with Crippen molar-refractivity contribution in [2.75, 3.05) is 0 Å². The van der Waals surface area contributed by atoms with E-state index in [1.807, 2.05) is 0 Å². The highest BCUT2D eigenvalue weighted by Gasteiger charge is 2.35. The minimum atomic E-state index is 0.840. The smallest absolute Gasteiger partial charge is 0.0357 e. The van der Waals surface area contributed by atoms with Gasteiger partial charge in [-0.05, 0) is 60.2 Å². The number of hydrogen-bond donors (Lipinski definition) is 0. The number of hydrogen-bond acceptors (Lipinski definition) is 0. The molecule has 0 aliphatic heterocycles. The van der Waals surface area contributed by atoms with Crippen LogP contribution in [0.1, 0.15) is 81.1 Å². The highest BCUT2D eigenvalue weighted by Crippen LogP contribution is 2.43. The lowest BCUT2D eigenvalue weighted by molar-refractivity contribution is 0.0760. The van der Waals surface area contributed by atoms with Gasteiger partial charge < -0.3 is 0 Å². The third-order valence-electron chi connectivity index (χ3n) is 6.88. The molecule has 0 heteroatoms. The van der Waals surface area contributed by atoms with Crippen molar-refractivity contribution >= 4 is 0 Å². The molecule has 0 saturated heterocycles. The largest absolute Gasteiger partial charge is 0.0625 e. The first kappa shape index (κ1) is 18.1. The molecule has 1 aliphatic rings. The normalized spacial score (nSPS) is 35.9. The van der Waals surface area contributed by atoms with Crippen molar-refractivity contribution in [1.29, 1.82) is 0 Å². The van der Waals surface area contributed by atoms with Crippen molar-refractivity contribution in [3.05, 3.63) is 0 Å². The van der Waals surface area contributed by atoms with Crippen LogP contribution in [0.2, 0.25) is 0 Å². The summed E-state index contributed by atoms with van der Waals surface area (Å²) in [7, 11) is 0. The quantitative estimate of drug-likeness (QED) is 0.511. The summed E-state index contributed by atoms with van der Waals surface area (Å²) in [5.74, 6) is 7.28. The molecule has 120 valence electrons. The molecule has 7 atom stereocenters. The molecule has 0 radical (unpaired) electrons. The molecule has 0 aromatic rings. The van der Waals surface area contributed by atoms with Crippen molar-refractivity contribution in [2.24, 2.45) is 47.3 Å². The summed E-state index contributed by atoms with van der Waals surface area (Å²) in [6, 6.07) is 0. The molecule has 0 spiro atoms. The van der Waals surface area contributed by atoms with Crippen LogP contribution in [0.3, 0.4) is 0 Å². The van der Waals surface area contributed by atoms with Gasteiger partial charge in [-0.15, -0.1) is 0 Å². The Hall–Kier alpha value is 0. The Morgan fingerprint density at radius 2 is 1.20 bits per heavy atom. The summed E-state index contributed by atoms with van der Waals surface area (Å²) >= 11 is 0. The van der Waals surface area contributed by atoms with Crippen LogP contribution in [-0.2, 0) is 0 Å². The lowest BCUT2D eigenvalue weighted by Crippen LogP contribution is -2.34. The van der Waals surface area contributed by atoms with E-state index in [9.17, 15) is 0 Å². The van der Waals surface area contributed by atoms with Crippen LogP contribution in [0.25, 0.3) is 0 Å². The van der Waals surface area contributed by atoms with Crippen molar-refractivity contribution in [2.45, 2.75) is 81.1 Å². The van der Waals surface area contributed by atoms with Gasteiger partial charge in [-0.1, -0.05) is 68.2 Å². The van der Waals surface area contributed by atoms with Gasteiger partial charge in [0.2, 0.25) is 0 Å². The van der Waals surface area contributed by atoms with Crippen molar-refractivity contribution in [3.63, 3.8) is 0 Å². The molecule has 7 unspecified atom stereocenters. The van der Waals surface area contributed by atoms with Crippen molar-refractivity contribution in [3.8, 4) is 0 Å². The van der Waals surface area contributed by atoms with E-state index >= 15 is 0 Å². The third kappa shape index (κ3) is 4.78. The highest BCUT2D eigenvalue weighted by molar-refractivity contribution is 4.84. The zero-order chi connectivity index (χ0) is 15.4. The first-order valence-electron chi connectivity index (χ1n) is 9.23. The van der Waals surface area contributed by atoms with Gasteiger partial charge in [0.15, 0.2) is 0 Å². The number of rotatable bonds is 6. The Balaban J connectivity index is 2.49. The summed E-state index contributed by atoms with van der Waals surface area (Å²) in [5.41, 5.74) is 0. The predicted octanol–water partition coefficient (Wildman–Crippen LogP) is 6.65. The topological polar surface area (TPSA) is 0 Å². The van der Waals surface area contributed by atoms with E-state index in [1.54, 1.807) is 0 Å². The van der Waals surface area contributed by atoms with Crippen LogP contribution in [0.5, 0.6) is 0 Å². The lowest BCUT2D eigenvalue weighted by atomic mass is 9.63. The summed E-state index contributed by atoms with van der Waals surface area (Å²) in [5, 5.41) is 0. The molecule has 1 saturated carbocycles. The minimum absolute atomic E-state index is 0.840. The van der Waals surface area contributed by atoms with E-state index in [-0.39, 0.29) is 0 Å². The summed E-state index contributed by atoms with van der Waals surface area (Å²) < 4.78 is 0. The lowest BCUT2D eigenvalue weighted by Gasteiger charge is -2.42. The second kappa shape index (κ2) is 7.85. The average Bonchev–Trinajstić information content (AvgIpc) is 2.38. The molecule has 0 aromatic heterocycles. The first-order valence-corrected chi connectivity index (χ1v) is 9.23. The molecular formula is C20H40. The van der Waals surface area contributed by atoms with Crippen LogP contribution >= 0.6 is 0 Å². The Bertz CT molecular complexity index is 267. The van der Waals surface area contributed by atoms with Crippen LogP contribution in [0.4, 0.5) is 0 Å². The molecule has 0 nitrogen and oxygen atoms in total. The van der Waals surface area contributed by atoms with E-state index in [2.05, 4.69) is 55.4 Å². The molecule has 0 bridgehead atoms. The Labute approximate surface area is 129 Å². The minimum Gasteiger partial charge on any atom is -0.0625 e. The molecule has 0 aromatic carbocycles. The molecule has 1 fully saturated rings. The fraction of sp³-hybridized carbons (Fsp3) is 1.00. The van der Waals surface area contributed by atoms with Gasteiger partial charge in [-0.25, -0.2) is 0 Å². The summed E-state index contributed by atoms with van der Waals surface area (Å²) in [6.45, 7) is 19.6. The summed E-state index contributed by atoms with van der Waals surface area (Å²) in [6.07, 6.45) is 5.75. The van der Waals surface area contributed by atoms with Gasteiger partial charge in [0.05, 0.1) is 0 Å². The van der Waals surface area contributed by atoms with Crippen molar-refractivity contribution < 1.29 is 0 Å². The standard InChI is InChI=1S/C20H40/c1-13(2)14(3)9-10-15(4)19(8)20-12-17(6)16(5)11-18(20)7/h13-20H,9-12H2,1-8H3. The third-order valence-corrected chi connectivity index (χ3v) is 6.88. The predicted molar refractivity (Wildman–Crippen MR) is 91.8 cm³/mol. The van der Waals surface area contributed by atoms with E-state index in [0.29, 0.717) is 0 Å². The van der Waals surface area contributed by atoms with Crippen LogP contribution in [0.15, 0.2) is 0 Å². The van der Waals surface area contributed by atoms with Gasteiger partial charge in [0.25, 0.3) is 0 Å². The molecule has 1 rings (SSSR count). The Kier molecular flexibility index (Phi) is 7.09. The zero-order valence-electron chi connectivity index (χ0n) is 15.4. The SMILES string of the molecule is CC(C)C(C)CCC(C)C(C)C1CC(C)C(C)CC1C. The van der Waals surface area contributed by atoms with Crippen LogP contribution in [0, 0.1) is 47.3 Å². The molecular weight excluding hydrogens is 240 g/mol. The molecule has 0 heterocycles. The van der Waals surface area contributed by atoms with E-state index in [1.165, 1.54) is 25.7 Å². The fourth-order valence-electron chi connectivity index (χ4n) is 4.16. The van der Waals surface area contributed by atoms with Crippen LogP contribution in [-0.4, -0.2) is 0 Å². The van der Waals surface area contributed by atoms with E-state index in [4.69, 9.17) is 0 Å². The van der Waals surface area contributed by atoms with Gasteiger partial charge >= 0.3 is 0 Å². The second-order valence-corrected chi connectivity index (χ2v) is 8.70. The summed E-state index contributed by atoms with van der Waals surface area (Å²) in [4.78, 5) is 0. The van der Waals surface area contributed by atoms with Gasteiger partial charge in [0, 0.05) is 0 Å². The van der Waals surface area contributed by atoms with Gasteiger partial charge in [-0.3, -0.25) is 0 Å². The molecule has 20 heavy (non-hydrogen) atoms. The van der Waals surface area contributed by atoms with E-state index < -0.39 is 0 Å². The van der Waals surface area contributed by atoms with Crippen molar-refractivity contribution in [1.82, 2.24) is 0 Å². The Morgan fingerprint density at radius 3 is 1.75 bits per heavy atom. The van der Waals surface area contributed by atoms with E-state index in [0.717, 1.165) is 47.3 Å². The first-order chi connectivity index (χ1) is 9.23. The Morgan fingerprint density at radius 1 is 0.700 bits per heavy atom. The molecule has 0 amide bonds. The maximum Gasteiger partial charge on any atom is -0.0357 e. The maximum atomic E-state index is 2.54. The fourth-order valence-corrected chi connectivity index (χ4v) is 4.16. The van der Waals surface area contributed by atoms with Gasteiger partial charge in [-0.2, -0.15) is 0 Å². The molecule has 1 aliphatic carbocycles.